The zero-order valence-electron chi connectivity index (χ0n) is 32.3. The van der Waals surface area contributed by atoms with Crippen molar-refractivity contribution in [2.24, 2.45) is 0 Å². The molecule has 1 saturated heterocycles. The number of aromatic hydroxyl groups is 1. The van der Waals surface area contributed by atoms with Crippen LogP contribution in [0.1, 0.15) is 43.6 Å². The van der Waals surface area contributed by atoms with Gasteiger partial charge in [0.05, 0.1) is 7.11 Å². The number of hydrogen-bond donors (Lipinski definition) is 5. The summed E-state index contributed by atoms with van der Waals surface area (Å²) in [5, 5.41) is 30.3. The van der Waals surface area contributed by atoms with Crippen LogP contribution in [0.3, 0.4) is 0 Å². The third-order valence-corrected chi connectivity index (χ3v) is 10.3. The summed E-state index contributed by atoms with van der Waals surface area (Å²) in [6, 6.07) is 9.63. The van der Waals surface area contributed by atoms with E-state index in [1.165, 1.54) is 90.3 Å². The van der Waals surface area contributed by atoms with Gasteiger partial charge in [0.2, 0.25) is 35.4 Å². The monoisotopic (exact) mass is 772 g/mol. The predicted octanol–water partition coefficient (Wildman–Crippen LogP) is 1.03. The van der Waals surface area contributed by atoms with Gasteiger partial charge in [-0.1, -0.05) is 30.3 Å². The lowest BCUT2D eigenvalue weighted by molar-refractivity contribution is -0.153. The van der Waals surface area contributed by atoms with Crippen LogP contribution in [0.25, 0.3) is 0 Å². The molecule has 1 fully saturated rings. The Morgan fingerprint density at radius 3 is 1.93 bits per heavy atom. The summed E-state index contributed by atoms with van der Waals surface area (Å²) in [7, 11) is 5.57. The first-order valence-corrected chi connectivity index (χ1v) is 18.1. The SMILES string of the molecule is COc1ccc(C[C@H]2C(=O)N[C@@H](C)C(=O)N(C)[C@@H]3C(=O)N(C)[C@@H](Cc4ccc(O)c(c4)Oc4ccc(cc4)[C@@H]3O)C(=O)N[C@@H](C)C(=O)N[C@@H](C)C(=O)N2C)cc1. The van der Waals surface area contributed by atoms with E-state index < -0.39 is 77.8 Å². The normalized spacial score (nSPS) is 25.7. The van der Waals surface area contributed by atoms with Crippen molar-refractivity contribution in [2.75, 3.05) is 28.3 Å². The molecule has 56 heavy (non-hydrogen) atoms. The summed E-state index contributed by atoms with van der Waals surface area (Å²) >= 11 is 0. The molecule has 0 aliphatic carbocycles. The minimum atomic E-state index is -1.64. The van der Waals surface area contributed by atoms with Gasteiger partial charge in [-0.2, -0.15) is 0 Å². The highest BCUT2D eigenvalue weighted by Crippen LogP contribution is 2.34. The van der Waals surface area contributed by atoms with Crippen LogP contribution in [0.5, 0.6) is 23.0 Å². The summed E-state index contributed by atoms with van der Waals surface area (Å²) in [5.74, 6) is -3.58. The number of phenolic OH excluding ortho intramolecular Hbond substituents is 1. The van der Waals surface area contributed by atoms with E-state index in [1.54, 1.807) is 30.3 Å². The maximum absolute atomic E-state index is 14.6. The van der Waals surface area contributed by atoms with Crippen LogP contribution in [0.2, 0.25) is 0 Å². The highest BCUT2D eigenvalue weighted by atomic mass is 16.5. The summed E-state index contributed by atoms with van der Waals surface area (Å²) in [6.45, 7) is 4.27. The second kappa shape index (κ2) is 17.1. The average Bonchev–Trinajstić information content (AvgIpc) is 3.18. The van der Waals surface area contributed by atoms with Gasteiger partial charge in [-0.25, -0.2) is 0 Å². The minimum absolute atomic E-state index is 0.0240. The molecule has 6 amide bonds. The number of phenols is 1. The Morgan fingerprint density at radius 1 is 0.714 bits per heavy atom. The molecule has 16 nitrogen and oxygen atoms in total. The molecule has 6 bridgehead atoms. The number of aliphatic hydroxyl groups is 1. The number of methoxy groups -OCH3 is 1. The van der Waals surface area contributed by atoms with E-state index in [1.807, 2.05) is 0 Å². The van der Waals surface area contributed by atoms with Gasteiger partial charge in [0.15, 0.2) is 11.5 Å². The van der Waals surface area contributed by atoms with Gasteiger partial charge >= 0.3 is 0 Å². The van der Waals surface area contributed by atoms with Crippen LogP contribution in [0.4, 0.5) is 0 Å². The number of ether oxygens (including phenoxy) is 2. The molecule has 0 spiro atoms. The fourth-order valence-corrected chi connectivity index (χ4v) is 6.75. The molecule has 0 radical (unpaired) electrons. The first-order chi connectivity index (χ1) is 26.5. The van der Waals surface area contributed by atoms with Crippen molar-refractivity contribution in [1.29, 1.82) is 0 Å². The van der Waals surface area contributed by atoms with Crippen LogP contribution < -0.4 is 25.4 Å². The Labute approximate surface area is 324 Å². The fourth-order valence-electron chi connectivity index (χ4n) is 6.75. The number of carbonyl (C=O) groups excluding carboxylic acids is 6. The second-order valence-corrected chi connectivity index (χ2v) is 14.2. The number of nitrogens with zero attached hydrogens (tertiary/aromatic N) is 3. The molecule has 3 heterocycles. The quantitative estimate of drug-likeness (QED) is 0.256. The maximum Gasteiger partial charge on any atom is 0.248 e. The molecule has 0 saturated carbocycles. The molecular weight excluding hydrogens is 724 g/mol. The first kappa shape index (κ1) is 41.0. The molecule has 3 aliphatic rings. The molecule has 0 unspecified atom stereocenters. The lowest BCUT2D eigenvalue weighted by atomic mass is 9.96. The second-order valence-electron chi connectivity index (χ2n) is 14.2. The largest absolute Gasteiger partial charge is 0.504 e. The van der Waals surface area contributed by atoms with Gasteiger partial charge in [-0.05, 0) is 73.9 Å². The number of fused-ring (bicyclic) bond motifs is 2. The maximum atomic E-state index is 14.6. The molecule has 7 atom stereocenters. The van der Waals surface area contributed by atoms with E-state index >= 15 is 0 Å². The van der Waals surface area contributed by atoms with Crippen LogP contribution in [-0.2, 0) is 41.6 Å². The van der Waals surface area contributed by atoms with Crippen molar-refractivity contribution >= 4 is 35.4 Å². The van der Waals surface area contributed by atoms with E-state index in [2.05, 4.69) is 16.0 Å². The zero-order chi connectivity index (χ0) is 41.0. The van der Waals surface area contributed by atoms with Crippen molar-refractivity contribution in [2.45, 2.75) is 76.0 Å². The standard InChI is InChI=1S/C40H48N6O10/c1-21-35(49)42-22(2)38(52)44(4)29(18-24-8-13-27(55-7)14-9-24)37(51)43-23(3)39(53)46(6)33-34(48)26-11-15-28(16-12-26)56-32-20-25(10-17-31(32)47)19-30(36(50)41-21)45(5)40(33)54/h8-17,20-23,29-30,33-34,47-48H,18-19H2,1-7H3,(H,41,50)(H,42,49)(H,43,51)/t21-,22-,23-,29-,30-,33-,34-/m0/s1. The molecule has 0 aromatic heterocycles. The fraction of sp³-hybridized carbons (Fsp3) is 0.400. The summed E-state index contributed by atoms with van der Waals surface area (Å²) < 4.78 is 11.2. The number of benzene rings is 3. The Hall–Kier alpha value is -6.16. The lowest BCUT2D eigenvalue weighted by Crippen LogP contribution is -2.62. The number of rotatable bonds is 3. The van der Waals surface area contributed by atoms with Crippen molar-refractivity contribution in [3.63, 3.8) is 0 Å². The minimum Gasteiger partial charge on any atom is -0.504 e. The number of likely N-dealkylation sites (N-methyl/N-ethyl adjacent to an activating group) is 3. The Morgan fingerprint density at radius 2 is 1.30 bits per heavy atom. The third-order valence-electron chi connectivity index (χ3n) is 10.3. The van der Waals surface area contributed by atoms with E-state index in [9.17, 15) is 39.0 Å². The molecule has 16 heteroatoms. The topological polar surface area (TPSA) is 207 Å². The van der Waals surface area contributed by atoms with Crippen LogP contribution in [-0.4, -0.2) is 125 Å². The molecule has 6 rings (SSSR count). The van der Waals surface area contributed by atoms with Crippen molar-refractivity contribution < 1.29 is 48.5 Å². The van der Waals surface area contributed by atoms with Crippen LogP contribution >= 0.6 is 0 Å². The lowest BCUT2D eigenvalue weighted by Gasteiger charge is -2.38. The van der Waals surface area contributed by atoms with Gasteiger partial charge in [-0.3, -0.25) is 28.8 Å². The van der Waals surface area contributed by atoms with Crippen LogP contribution in [0.15, 0.2) is 66.7 Å². The average molecular weight is 773 g/mol. The summed E-state index contributed by atoms with van der Waals surface area (Å²) in [4.78, 5) is 87.5. The van der Waals surface area contributed by atoms with E-state index in [0.29, 0.717) is 22.6 Å². The van der Waals surface area contributed by atoms with Gasteiger partial charge in [0.1, 0.15) is 53.9 Å². The van der Waals surface area contributed by atoms with Crippen molar-refractivity contribution in [3.05, 3.63) is 83.4 Å². The molecule has 5 N–H and O–H groups in total. The van der Waals surface area contributed by atoms with Gasteiger partial charge < -0.3 is 50.3 Å². The number of amides is 6. The van der Waals surface area contributed by atoms with E-state index in [0.717, 1.165) is 9.80 Å². The van der Waals surface area contributed by atoms with Crippen molar-refractivity contribution in [3.8, 4) is 23.0 Å². The highest BCUT2D eigenvalue weighted by Gasteiger charge is 2.42. The molecule has 3 aliphatic heterocycles. The first-order valence-electron chi connectivity index (χ1n) is 18.1. The van der Waals surface area contributed by atoms with Crippen LogP contribution in [0, 0.1) is 0 Å². The summed E-state index contributed by atoms with van der Waals surface area (Å²) in [5.41, 5.74) is 1.36. The molecule has 3 aromatic carbocycles. The third kappa shape index (κ3) is 8.86. The Kier molecular flexibility index (Phi) is 12.5. The number of hydrogen-bond acceptors (Lipinski definition) is 10. The van der Waals surface area contributed by atoms with Gasteiger partial charge in [-0.15, -0.1) is 0 Å². The van der Waals surface area contributed by atoms with E-state index in [4.69, 9.17) is 9.47 Å². The highest BCUT2D eigenvalue weighted by molar-refractivity contribution is 5.98. The molecule has 298 valence electrons. The molecular formula is C40H48N6O10. The smallest absolute Gasteiger partial charge is 0.248 e. The predicted molar refractivity (Wildman–Crippen MR) is 202 cm³/mol. The zero-order valence-corrected chi connectivity index (χ0v) is 32.3. The van der Waals surface area contributed by atoms with E-state index in [-0.39, 0.29) is 29.9 Å². The number of carbonyl (C=O) groups is 6. The summed E-state index contributed by atoms with van der Waals surface area (Å²) in [6.07, 6.45) is -1.76. The number of aliphatic hydroxyl groups excluding tert-OH is 1. The van der Waals surface area contributed by atoms with Gasteiger partial charge in [0.25, 0.3) is 0 Å². The van der Waals surface area contributed by atoms with Crippen molar-refractivity contribution in [1.82, 2.24) is 30.7 Å². The van der Waals surface area contributed by atoms with Gasteiger partial charge in [0, 0.05) is 34.0 Å². The Bertz CT molecular complexity index is 1970. The number of nitrogens with one attached hydrogen (secondary N) is 3. The Balaban J connectivity index is 1.60. The molecule has 3 aromatic rings.